The van der Waals surface area contributed by atoms with Gasteiger partial charge in [0.05, 0.1) is 32.1 Å². The Bertz CT molecular complexity index is 2370. The van der Waals surface area contributed by atoms with Crippen molar-refractivity contribution in [2.24, 2.45) is 28.3 Å². The molecule has 4 amide bonds. The molecule has 12 N–H and O–H groups in total. The van der Waals surface area contributed by atoms with Crippen LogP contribution in [-0.2, 0) is 57.6 Å². The molecule has 24 heteroatoms. The molecule has 0 aliphatic carbocycles. The van der Waals surface area contributed by atoms with E-state index in [9.17, 15) is 58.8 Å². The second kappa shape index (κ2) is 33.1. The molecular weight excluding hydrogens is 1040 g/mol. The van der Waals surface area contributed by atoms with Crippen LogP contribution in [-0.4, -0.2) is 208 Å². The number of guanidine groups is 1. The van der Waals surface area contributed by atoms with E-state index in [2.05, 4.69) is 60.3 Å². The minimum atomic E-state index is -1.53. The number of carboxylic acid groups (broad SMARTS) is 3. The number of nitrogens with two attached hydrogens (primary N) is 2. The number of hydrogen-bond donors (Lipinski definition) is 10. The van der Waals surface area contributed by atoms with Crippen LogP contribution in [0.3, 0.4) is 0 Å². The molecule has 23 nitrogen and oxygen atoms in total. The smallest absolute Gasteiger partial charge is 0.317 e. The summed E-state index contributed by atoms with van der Waals surface area (Å²) in [4.78, 5) is 118. The van der Waals surface area contributed by atoms with E-state index >= 15 is 0 Å². The van der Waals surface area contributed by atoms with Crippen LogP contribution < -0.4 is 32.7 Å². The van der Waals surface area contributed by atoms with Gasteiger partial charge < -0.3 is 63.0 Å². The number of amides is 4. The Morgan fingerprint density at radius 1 is 0.620 bits per heavy atom. The van der Waals surface area contributed by atoms with Gasteiger partial charge in [-0.1, -0.05) is 61.5 Å². The van der Waals surface area contributed by atoms with Crippen molar-refractivity contribution < 1.29 is 58.8 Å². The van der Waals surface area contributed by atoms with Crippen molar-refractivity contribution >= 4 is 70.4 Å². The standard InChI is InChI=1S/C55H81N11O12S/c56-55(57)58-18-4-9-44-53(77)59-32-48(69)60-46(31-49(70)71)47(68)30-41(28-38-14-16-42(67)17-15-38)52(76)61-45(54(78)62-44)8-3-1-2-7-43(79)29-39-12-10-37(11-13-39)27-40-33-63-19-5-21-65(35-50(72)73)25-24-64(34-40)20-6-22-66(26-23-63)36-51(74)75/h10-17,40-41,44-46,67H,1-9,18-36H2,(H,59,77)(H,60,69)(H,61,76)(H,62,78)(H,70,71)(H,72,73)(H,74,75)(H4,56,57,58)/t41-,44-,45-,46-/m0/s1. The van der Waals surface area contributed by atoms with Gasteiger partial charge in [-0.3, -0.25) is 53.1 Å². The first-order valence-corrected chi connectivity index (χ1v) is 27.9. The van der Waals surface area contributed by atoms with E-state index in [1.807, 2.05) is 9.80 Å². The highest BCUT2D eigenvalue weighted by Gasteiger charge is 2.34. The molecule has 3 saturated heterocycles. The number of phenols is 1. The Hall–Kier alpha value is -6.60. The van der Waals surface area contributed by atoms with Gasteiger partial charge in [-0.25, -0.2) is 0 Å². The van der Waals surface area contributed by atoms with Gasteiger partial charge in [0.25, 0.3) is 0 Å². The molecule has 0 saturated carbocycles. The number of aliphatic carboxylic acids is 3. The molecule has 0 radical (unpaired) electrons. The fraction of sp³-hybridized carbons (Fsp3) is 0.600. The van der Waals surface area contributed by atoms with E-state index in [-0.39, 0.29) is 62.9 Å². The number of aliphatic imine (C=N–C) groups is 1. The molecule has 2 aromatic rings. The molecule has 2 unspecified atom stereocenters. The lowest BCUT2D eigenvalue weighted by atomic mass is 9.90. The number of fused-ring (bicyclic) bond motifs is 4. The van der Waals surface area contributed by atoms with Crippen LogP contribution in [0.1, 0.15) is 87.3 Å². The Morgan fingerprint density at radius 2 is 1.18 bits per heavy atom. The minimum absolute atomic E-state index is 0.000550. The quantitative estimate of drug-likeness (QED) is 0.0333. The monoisotopic (exact) mass is 1120 g/mol. The summed E-state index contributed by atoms with van der Waals surface area (Å²) < 4.78 is 0. The number of carbonyl (C=O) groups is 8. The highest BCUT2D eigenvalue weighted by atomic mass is 32.1. The van der Waals surface area contributed by atoms with Crippen molar-refractivity contribution in [1.29, 1.82) is 0 Å². The van der Waals surface area contributed by atoms with Crippen LogP contribution in [0.25, 0.3) is 0 Å². The maximum absolute atomic E-state index is 14.3. The van der Waals surface area contributed by atoms with Crippen molar-refractivity contribution in [1.82, 2.24) is 40.9 Å². The summed E-state index contributed by atoms with van der Waals surface area (Å²) in [6.07, 6.45) is 4.62. The number of nitrogens with one attached hydrogen (secondary N) is 4. The zero-order valence-electron chi connectivity index (χ0n) is 45.2. The number of Topliss-reactive ketones (excluding diaryl/α,β-unsaturated/α-hetero) is 1. The number of ketones is 1. The molecule has 6 atom stereocenters. The lowest BCUT2D eigenvalue weighted by Crippen LogP contribution is -2.55. The van der Waals surface area contributed by atoms with Crippen LogP contribution in [0.15, 0.2) is 53.5 Å². The maximum Gasteiger partial charge on any atom is 0.317 e. The molecule has 0 spiro atoms. The number of nitrogens with zero attached hydrogens (tertiary/aromatic N) is 5. The third kappa shape index (κ3) is 24.1. The Balaban J connectivity index is 1.23. The summed E-state index contributed by atoms with van der Waals surface area (Å²) in [5.41, 5.74) is 13.8. The van der Waals surface area contributed by atoms with Crippen molar-refractivity contribution in [2.45, 2.75) is 108 Å². The number of aromatic hydroxyl groups is 1. The largest absolute Gasteiger partial charge is 0.508 e. The summed E-state index contributed by atoms with van der Waals surface area (Å²) in [6, 6.07) is 10.6. The molecular formula is C55H81N11O12S. The predicted molar refractivity (Wildman–Crippen MR) is 299 cm³/mol. The number of thiocarbonyl (C=S) groups is 1. The van der Waals surface area contributed by atoms with E-state index in [0.717, 1.165) is 69.0 Å². The molecule has 0 aromatic heterocycles. The average Bonchev–Trinajstić information content (AvgIpc) is 3.46. The predicted octanol–water partition coefficient (Wildman–Crippen LogP) is 0.529. The van der Waals surface area contributed by atoms with Crippen molar-refractivity contribution in [2.75, 3.05) is 91.6 Å². The maximum atomic E-state index is 14.3. The van der Waals surface area contributed by atoms with Crippen LogP contribution in [0.4, 0.5) is 0 Å². The zero-order valence-corrected chi connectivity index (χ0v) is 46.0. The summed E-state index contributed by atoms with van der Waals surface area (Å²) in [6.45, 7) is 6.84. The third-order valence-electron chi connectivity index (χ3n) is 14.5. The van der Waals surface area contributed by atoms with Crippen molar-refractivity contribution in [3.8, 4) is 5.75 Å². The molecule has 79 heavy (non-hydrogen) atoms. The summed E-state index contributed by atoms with van der Waals surface area (Å²) in [7, 11) is 0. The lowest BCUT2D eigenvalue weighted by molar-refractivity contribution is -0.141. The first-order chi connectivity index (χ1) is 37.8. The zero-order chi connectivity index (χ0) is 57.3. The number of unbranched alkanes of at least 4 members (excludes halogenated alkanes) is 2. The minimum Gasteiger partial charge on any atom is -0.508 e. The highest BCUT2D eigenvalue weighted by Crippen LogP contribution is 2.21. The molecule has 2 bridgehead atoms. The van der Waals surface area contributed by atoms with Gasteiger partial charge in [0.1, 0.15) is 17.8 Å². The first-order valence-electron chi connectivity index (χ1n) is 27.5. The van der Waals surface area contributed by atoms with Crippen LogP contribution >= 0.6 is 12.2 Å². The third-order valence-corrected chi connectivity index (χ3v) is 14.8. The molecule has 3 aliphatic rings. The molecule has 5 rings (SSSR count). The molecule has 3 heterocycles. The topological polar surface area (TPSA) is 343 Å². The van der Waals surface area contributed by atoms with Crippen LogP contribution in [0.5, 0.6) is 5.75 Å². The number of phenolic OH excluding ortho intramolecular Hbond substituents is 1. The van der Waals surface area contributed by atoms with Crippen LogP contribution in [0.2, 0.25) is 0 Å². The normalized spacial score (nSPS) is 23.7. The number of carboxylic acids is 3. The summed E-state index contributed by atoms with van der Waals surface area (Å²) in [5, 5.41) is 49.1. The van der Waals surface area contributed by atoms with Gasteiger partial charge in [0.15, 0.2) is 11.7 Å². The van der Waals surface area contributed by atoms with Gasteiger partial charge in [-0.05, 0) is 110 Å². The first kappa shape index (κ1) is 63.2. The number of benzene rings is 2. The molecule has 3 fully saturated rings. The number of rotatable bonds is 22. The average molecular weight is 1120 g/mol. The van der Waals surface area contributed by atoms with E-state index in [0.29, 0.717) is 63.8 Å². The SMILES string of the molecule is NC(N)=NCCC[C@@H]1NC(=O)[C@H](CCCCCC(=S)Cc2ccc(CC3CN4CCCN(CC(=O)O)CCN(CCCN(CC(=O)O)CC4)C3)cc2)NC(=O)[C@@H](Cc2ccc(O)cc2)CC(=O)[C@H](CC(=O)O)NC(=O)CNC1=O. The second-order valence-corrected chi connectivity index (χ2v) is 21.7. The highest BCUT2D eigenvalue weighted by molar-refractivity contribution is 7.80. The van der Waals surface area contributed by atoms with Crippen molar-refractivity contribution in [3.05, 3.63) is 65.2 Å². The molecule has 2 aromatic carbocycles. The van der Waals surface area contributed by atoms with Crippen molar-refractivity contribution in [3.63, 3.8) is 0 Å². The van der Waals surface area contributed by atoms with Gasteiger partial charge in [0.2, 0.25) is 23.6 Å². The Labute approximate surface area is 467 Å². The van der Waals surface area contributed by atoms with E-state index in [4.69, 9.17) is 23.7 Å². The number of hydrogen-bond acceptors (Lipinski definition) is 15. The van der Waals surface area contributed by atoms with E-state index in [1.54, 1.807) is 12.1 Å². The van der Waals surface area contributed by atoms with Crippen LogP contribution in [0, 0.1) is 11.8 Å². The van der Waals surface area contributed by atoms with Gasteiger partial charge >= 0.3 is 17.9 Å². The summed E-state index contributed by atoms with van der Waals surface area (Å²) in [5.74, 6) is -7.75. The molecule has 3 aliphatic heterocycles. The summed E-state index contributed by atoms with van der Waals surface area (Å²) >= 11 is 5.87. The second-order valence-electron chi connectivity index (χ2n) is 21.1. The number of carbonyl (C=O) groups excluding carboxylic acids is 5. The Kier molecular flexibility index (Phi) is 26.5. The van der Waals surface area contributed by atoms with E-state index < -0.39 is 90.7 Å². The lowest BCUT2D eigenvalue weighted by Gasteiger charge is -2.31. The molecule has 434 valence electrons. The van der Waals surface area contributed by atoms with Gasteiger partial charge in [-0.15, -0.1) is 0 Å². The van der Waals surface area contributed by atoms with Gasteiger partial charge in [-0.2, -0.15) is 0 Å². The van der Waals surface area contributed by atoms with Gasteiger partial charge in [0, 0.05) is 77.7 Å². The fourth-order valence-corrected chi connectivity index (χ4v) is 10.7. The Morgan fingerprint density at radius 3 is 1.77 bits per heavy atom. The van der Waals surface area contributed by atoms with E-state index in [1.165, 1.54) is 17.7 Å². The fourth-order valence-electron chi connectivity index (χ4n) is 10.4.